The van der Waals surface area contributed by atoms with E-state index in [4.69, 9.17) is 9.47 Å². The monoisotopic (exact) mass is 464 g/mol. The molecule has 1 N–H and O–H groups in total. The third-order valence-corrected chi connectivity index (χ3v) is 7.79. The van der Waals surface area contributed by atoms with Gasteiger partial charge in [0.05, 0.1) is 28.9 Å². The van der Waals surface area contributed by atoms with Crippen molar-refractivity contribution in [2.75, 3.05) is 19.0 Å². The van der Waals surface area contributed by atoms with Gasteiger partial charge in [0, 0.05) is 0 Å². The van der Waals surface area contributed by atoms with E-state index < -0.39 is 0 Å². The van der Waals surface area contributed by atoms with Crippen molar-refractivity contribution in [3.8, 4) is 17.6 Å². The number of hydrogen-bond acceptors (Lipinski definition) is 4. The number of hydrogen-bond donors (Lipinski definition) is 1. The quantitative estimate of drug-likeness (QED) is 0.535. The van der Waals surface area contributed by atoms with Crippen LogP contribution in [-0.2, 0) is 0 Å². The lowest BCUT2D eigenvalue weighted by Gasteiger charge is -2.44. The van der Waals surface area contributed by atoms with Crippen LogP contribution in [0.4, 0.5) is 5.69 Å². The predicted molar refractivity (Wildman–Crippen MR) is 121 cm³/mol. The van der Waals surface area contributed by atoms with Gasteiger partial charge < -0.3 is 14.8 Å². The number of halogens is 1. The Morgan fingerprint density at radius 1 is 1.30 bits per heavy atom. The van der Waals surface area contributed by atoms with Crippen molar-refractivity contribution in [2.45, 2.75) is 31.2 Å². The molecule has 1 aliphatic heterocycles. The topological polar surface area (TPSA) is 54.3 Å². The summed E-state index contributed by atoms with van der Waals surface area (Å²) in [6.45, 7) is 4.15. The Morgan fingerprint density at radius 2 is 2.13 bits per heavy atom. The Kier molecular flexibility index (Phi) is 4.99. The van der Waals surface area contributed by atoms with E-state index in [0.29, 0.717) is 29.9 Å². The van der Waals surface area contributed by atoms with Crippen molar-refractivity contribution in [2.24, 2.45) is 17.8 Å². The summed E-state index contributed by atoms with van der Waals surface area (Å²) < 4.78 is 12.4. The van der Waals surface area contributed by atoms with Crippen molar-refractivity contribution in [3.05, 3.63) is 64.1 Å². The molecule has 5 atom stereocenters. The third-order valence-electron chi connectivity index (χ3n) is 7.20. The maximum atomic E-state index is 9.73. The first-order valence-electron chi connectivity index (χ1n) is 10.6. The van der Waals surface area contributed by atoms with Crippen molar-refractivity contribution in [3.63, 3.8) is 0 Å². The van der Waals surface area contributed by atoms with Crippen molar-refractivity contribution in [1.82, 2.24) is 0 Å². The van der Waals surface area contributed by atoms with Crippen LogP contribution in [0.2, 0.25) is 0 Å². The summed E-state index contributed by atoms with van der Waals surface area (Å²) in [6, 6.07) is 12.9. The highest BCUT2D eigenvalue weighted by molar-refractivity contribution is 9.10. The second-order valence-electron chi connectivity index (χ2n) is 8.57. The largest absolute Gasteiger partial charge is 0.493 e. The minimum Gasteiger partial charge on any atom is -0.493 e. The molecule has 2 fully saturated rings. The van der Waals surface area contributed by atoms with Crippen LogP contribution in [0.15, 0.2) is 47.5 Å². The molecule has 5 unspecified atom stereocenters. The summed E-state index contributed by atoms with van der Waals surface area (Å²) in [5.41, 5.74) is 4.25. The van der Waals surface area contributed by atoms with Gasteiger partial charge in [0.25, 0.3) is 0 Å². The van der Waals surface area contributed by atoms with Crippen LogP contribution in [-0.4, -0.2) is 13.7 Å². The molecule has 2 aromatic rings. The van der Waals surface area contributed by atoms with E-state index in [-0.39, 0.29) is 6.04 Å². The molecule has 4 nitrogen and oxygen atoms in total. The van der Waals surface area contributed by atoms with Crippen LogP contribution in [0.1, 0.15) is 47.9 Å². The summed E-state index contributed by atoms with van der Waals surface area (Å²) in [4.78, 5) is 0. The minimum absolute atomic E-state index is 0.144. The van der Waals surface area contributed by atoms with Crippen LogP contribution in [0, 0.1) is 29.1 Å². The molecule has 5 rings (SSSR count). The Labute approximate surface area is 186 Å². The Morgan fingerprint density at radius 3 is 2.90 bits per heavy atom. The minimum atomic E-state index is 0.144. The van der Waals surface area contributed by atoms with Gasteiger partial charge >= 0.3 is 0 Å². The Balaban J connectivity index is 1.62. The molecular weight excluding hydrogens is 440 g/mol. The summed E-state index contributed by atoms with van der Waals surface area (Å²) in [5, 5.41) is 13.5. The van der Waals surface area contributed by atoms with Gasteiger partial charge in [0.15, 0.2) is 11.5 Å². The smallest absolute Gasteiger partial charge is 0.175 e. The van der Waals surface area contributed by atoms with E-state index in [2.05, 4.69) is 52.1 Å². The van der Waals surface area contributed by atoms with Gasteiger partial charge in [-0.05, 0) is 88.2 Å². The number of anilines is 1. The Hall–Kier alpha value is -2.45. The van der Waals surface area contributed by atoms with E-state index in [1.54, 1.807) is 13.2 Å². The number of rotatable bonds is 5. The highest BCUT2D eigenvalue weighted by atomic mass is 79.9. The number of para-hydroxylation sites is 1. The maximum Gasteiger partial charge on any atom is 0.175 e. The van der Waals surface area contributed by atoms with Gasteiger partial charge in [-0.3, -0.25) is 0 Å². The number of ether oxygens (including phenoxy) is 2. The fraction of sp³-hybridized carbons (Fsp3) is 0.400. The van der Waals surface area contributed by atoms with Gasteiger partial charge in [0.1, 0.15) is 12.7 Å². The first kappa shape index (κ1) is 19.5. The fourth-order valence-electron chi connectivity index (χ4n) is 6.14. The average molecular weight is 465 g/mol. The number of nitrogens with one attached hydrogen (secondary N) is 1. The number of nitrogens with zero attached hydrogens (tertiary/aromatic N) is 1. The lowest BCUT2D eigenvalue weighted by atomic mass is 9.67. The molecule has 0 saturated heterocycles. The molecule has 2 aromatic carbocycles. The number of methoxy groups -OCH3 is 1. The van der Waals surface area contributed by atoms with Crippen molar-refractivity contribution < 1.29 is 9.47 Å². The van der Waals surface area contributed by atoms with E-state index in [0.717, 1.165) is 27.6 Å². The zero-order valence-corrected chi connectivity index (χ0v) is 18.6. The molecule has 0 radical (unpaired) electrons. The number of nitriles is 1. The number of fused-ring (bicyclic) bond motifs is 7. The average Bonchev–Trinajstić information content (AvgIpc) is 3.39. The molecular formula is C25H25BrN2O2. The van der Waals surface area contributed by atoms with Crippen LogP contribution in [0.3, 0.4) is 0 Å². The molecule has 0 aromatic heterocycles. The van der Waals surface area contributed by atoms with Gasteiger partial charge in [0.2, 0.25) is 0 Å². The fourth-order valence-corrected chi connectivity index (χ4v) is 6.71. The van der Waals surface area contributed by atoms with Crippen molar-refractivity contribution >= 4 is 21.6 Å². The van der Waals surface area contributed by atoms with Crippen LogP contribution < -0.4 is 14.8 Å². The van der Waals surface area contributed by atoms with Gasteiger partial charge in [-0.15, -0.1) is 0 Å². The van der Waals surface area contributed by atoms with E-state index >= 15 is 0 Å². The molecule has 2 bridgehead atoms. The molecule has 3 aliphatic rings. The normalized spacial score (nSPS) is 28.1. The van der Waals surface area contributed by atoms with Crippen LogP contribution in [0.5, 0.6) is 11.5 Å². The molecule has 5 heteroatoms. The van der Waals surface area contributed by atoms with Crippen LogP contribution in [0.25, 0.3) is 0 Å². The van der Waals surface area contributed by atoms with E-state index in [1.165, 1.54) is 30.4 Å². The second kappa shape index (κ2) is 7.67. The van der Waals surface area contributed by atoms with Gasteiger partial charge in [-0.2, -0.15) is 5.26 Å². The maximum absolute atomic E-state index is 9.73. The molecule has 2 aliphatic carbocycles. The summed E-state index contributed by atoms with van der Waals surface area (Å²) >= 11 is 3.69. The third kappa shape index (κ3) is 2.93. The Bertz CT molecular complexity index is 1040. The zero-order chi connectivity index (χ0) is 20.8. The molecule has 2 saturated carbocycles. The second-order valence-corrected chi connectivity index (χ2v) is 9.43. The summed E-state index contributed by atoms with van der Waals surface area (Å²) in [6.07, 6.45) is 5.62. The predicted octanol–water partition coefficient (Wildman–Crippen LogP) is 6.19. The molecule has 30 heavy (non-hydrogen) atoms. The van der Waals surface area contributed by atoms with Crippen molar-refractivity contribution in [1.29, 1.82) is 5.26 Å². The van der Waals surface area contributed by atoms with E-state index in [9.17, 15) is 5.26 Å². The van der Waals surface area contributed by atoms with Gasteiger partial charge in [-0.1, -0.05) is 24.8 Å². The molecule has 1 heterocycles. The molecule has 154 valence electrons. The summed E-state index contributed by atoms with van der Waals surface area (Å²) in [7, 11) is 1.67. The number of benzene rings is 2. The lowest BCUT2D eigenvalue weighted by Crippen LogP contribution is -2.35. The SMILES string of the molecule is C=CCOc1c(Br)cc(C2Nc3c(C#N)cccc3C3C4CCC(C4)C23)cc1OC. The van der Waals surface area contributed by atoms with E-state index in [1.807, 2.05) is 12.1 Å². The zero-order valence-electron chi connectivity index (χ0n) is 17.0. The molecule has 0 spiro atoms. The highest BCUT2D eigenvalue weighted by Gasteiger charge is 2.54. The summed E-state index contributed by atoms with van der Waals surface area (Å²) in [5.74, 6) is 3.89. The van der Waals surface area contributed by atoms with Gasteiger partial charge in [-0.25, -0.2) is 0 Å². The lowest BCUT2D eigenvalue weighted by molar-refractivity contribution is 0.247. The first-order chi connectivity index (χ1) is 14.7. The highest BCUT2D eigenvalue weighted by Crippen LogP contribution is 2.64. The molecule has 0 amide bonds. The first-order valence-corrected chi connectivity index (χ1v) is 11.4. The van der Waals surface area contributed by atoms with Crippen LogP contribution >= 0.6 is 15.9 Å². The standard InChI is InChI=1S/C25H25BrN2O2/c1-3-9-30-25-19(26)11-17(12-20(25)29-2)24-22-15-8-7-14(10-15)21(22)18-6-4-5-16(13-27)23(18)28-24/h3-6,11-12,14-15,21-22,24,28H,1,7-10H2,2H3.